The Morgan fingerprint density at radius 1 is 1.30 bits per heavy atom. The molecule has 0 radical (unpaired) electrons. The average Bonchev–Trinajstić information content (AvgIpc) is 2.37. The monoisotopic (exact) mass is 281 g/mol. The smallest absolute Gasteiger partial charge is 0.141 e. The van der Waals surface area contributed by atoms with E-state index in [2.05, 4.69) is 49.8 Å². The zero-order valence-electron chi connectivity index (χ0n) is 13.6. The first-order chi connectivity index (χ1) is 9.28. The molecule has 0 aliphatic rings. The van der Waals surface area contributed by atoms with Crippen LogP contribution < -0.4 is 10.2 Å². The summed E-state index contributed by atoms with van der Waals surface area (Å²) < 4.78 is 13.5. The van der Waals surface area contributed by atoms with Gasteiger partial charge in [0.25, 0.3) is 0 Å². The van der Waals surface area contributed by atoms with Crippen LogP contribution in [0.5, 0.6) is 0 Å². The fraction of sp³-hybridized carbons (Fsp3) is 0.688. The number of aromatic nitrogens is 1. The molecule has 0 unspecified atom stereocenters. The summed E-state index contributed by atoms with van der Waals surface area (Å²) in [4.78, 5) is 6.47. The van der Waals surface area contributed by atoms with E-state index in [-0.39, 0.29) is 11.4 Å². The predicted octanol–water partition coefficient (Wildman–Crippen LogP) is 3.73. The molecule has 1 aromatic rings. The van der Waals surface area contributed by atoms with E-state index in [1.165, 1.54) is 6.20 Å². The van der Waals surface area contributed by atoms with E-state index < -0.39 is 0 Å². The number of nitrogens with zero attached hydrogens (tertiary/aromatic N) is 2. The zero-order chi connectivity index (χ0) is 15.3. The van der Waals surface area contributed by atoms with Gasteiger partial charge in [0.05, 0.1) is 6.20 Å². The van der Waals surface area contributed by atoms with Gasteiger partial charge in [-0.05, 0) is 39.7 Å². The van der Waals surface area contributed by atoms with Crippen molar-refractivity contribution in [3.05, 3.63) is 23.6 Å². The minimum absolute atomic E-state index is 0.00290. The summed E-state index contributed by atoms with van der Waals surface area (Å²) in [5.41, 5.74) is 0.909. The van der Waals surface area contributed by atoms with E-state index >= 15 is 0 Å². The third-order valence-corrected chi connectivity index (χ3v) is 3.54. The molecule has 0 saturated carbocycles. The maximum atomic E-state index is 13.5. The van der Waals surface area contributed by atoms with Gasteiger partial charge in [-0.2, -0.15) is 0 Å². The van der Waals surface area contributed by atoms with Crippen LogP contribution in [-0.4, -0.2) is 23.6 Å². The molecule has 0 aliphatic heterocycles. The lowest BCUT2D eigenvalue weighted by atomic mass is 10.1. The normalized spacial score (nSPS) is 12.0. The summed E-state index contributed by atoms with van der Waals surface area (Å²) >= 11 is 0. The van der Waals surface area contributed by atoms with Crippen molar-refractivity contribution in [3.63, 3.8) is 0 Å². The van der Waals surface area contributed by atoms with Crippen LogP contribution in [0.2, 0.25) is 0 Å². The minimum atomic E-state index is -0.280. The topological polar surface area (TPSA) is 28.2 Å². The van der Waals surface area contributed by atoms with Crippen LogP contribution in [0, 0.1) is 5.82 Å². The number of rotatable bonds is 6. The van der Waals surface area contributed by atoms with Gasteiger partial charge in [-0.15, -0.1) is 0 Å². The fourth-order valence-corrected chi connectivity index (χ4v) is 2.29. The summed E-state index contributed by atoms with van der Waals surface area (Å²) in [6.07, 6.45) is 3.41. The van der Waals surface area contributed by atoms with Crippen LogP contribution in [-0.2, 0) is 6.54 Å². The molecule has 20 heavy (non-hydrogen) atoms. The fourth-order valence-electron chi connectivity index (χ4n) is 2.29. The average molecular weight is 281 g/mol. The highest BCUT2D eigenvalue weighted by Crippen LogP contribution is 2.22. The van der Waals surface area contributed by atoms with Crippen molar-refractivity contribution in [2.45, 2.75) is 65.6 Å². The summed E-state index contributed by atoms with van der Waals surface area (Å²) in [5, 5.41) is 3.40. The van der Waals surface area contributed by atoms with Crippen LogP contribution in [0.4, 0.5) is 10.2 Å². The lowest BCUT2D eigenvalue weighted by molar-refractivity contribution is 0.422. The van der Waals surface area contributed by atoms with Crippen molar-refractivity contribution >= 4 is 5.82 Å². The van der Waals surface area contributed by atoms with Gasteiger partial charge in [0.2, 0.25) is 0 Å². The number of nitrogens with one attached hydrogen (secondary N) is 1. The molecular formula is C16H28FN3. The largest absolute Gasteiger partial charge is 0.356 e. The van der Waals surface area contributed by atoms with Gasteiger partial charge >= 0.3 is 0 Å². The number of hydrogen-bond donors (Lipinski definition) is 1. The standard InChI is InChI=1S/C16H28FN3/c1-7-14(8-2)20(6)15-12(9-13(17)11-18-15)10-19-16(3,4)5/h9,11,14,19H,7-8,10H2,1-6H3. The lowest BCUT2D eigenvalue weighted by Gasteiger charge is -2.30. The van der Waals surface area contributed by atoms with Crippen LogP contribution in [0.15, 0.2) is 12.3 Å². The highest BCUT2D eigenvalue weighted by Gasteiger charge is 2.18. The van der Waals surface area contributed by atoms with Crippen LogP contribution in [0.1, 0.15) is 53.0 Å². The van der Waals surface area contributed by atoms with Crippen LogP contribution in [0.3, 0.4) is 0 Å². The quantitative estimate of drug-likeness (QED) is 0.861. The molecule has 1 N–H and O–H groups in total. The number of halogens is 1. The molecule has 0 spiro atoms. The number of hydrogen-bond acceptors (Lipinski definition) is 3. The maximum Gasteiger partial charge on any atom is 0.141 e. The first-order valence-electron chi connectivity index (χ1n) is 7.40. The van der Waals surface area contributed by atoms with E-state index in [0.29, 0.717) is 12.6 Å². The van der Waals surface area contributed by atoms with Gasteiger partial charge < -0.3 is 10.2 Å². The molecule has 4 heteroatoms. The Labute approximate surface area is 122 Å². The Bertz CT molecular complexity index is 422. The van der Waals surface area contributed by atoms with Gasteiger partial charge in [0, 0.05) is 30.7 Å². The Morgan fingerprint density at radius 2 is 1.90 bits per heavy atom. The maximum absolute atomic E-state index is 13.5. The summed E-state index contributed by atoms with van der Waals surface area (Å²) in [6.45, 7) is 11.3. The van der Waals surface area contributed by atoms with Gasteiger partial charge in [-0.3, -0.25) is 0 Å². The molecule has 0 aliphatic carbocycles. The molecule has 1 heterocycles. The van der Waals surface area contributed by atoms with Crippen molar-refractivity contribution in [3.8, 4) is 0 Å². The molecule has 0 atom stereocenters. The molecular weight excluding hydrogens is 253 g/mol. The predicted molar refractivity (Wildman–Crippen MR) is 83.6 cm³/mol. The minimum Gasteiger partial charge on any atom is -0.356 e. The molecule has 1 rings (SSSR count). The molecule has 0 amide bonds. The summed E-state index contributed by atoms with van der Waals surface area (Å²) in [5.74, 6) is 0.592. The summed E-state index contributed by atoms with van der Waals surface area (Å²) in [6, 6.07) is 2.02. The molecule has 0 saturated heterocycles. The third-order valence-electron chi connectivity index (χ3n) is 3.54. The van der Waals surface area contributed by atoms with E-state index in [1.54, 1.807) is 6.07 Å². The van der Waals surface area contributed by atoms with Crippen molar-refractivity contribution < 1.29 is 4.39 Å². The van der Waals surface area contributed by atoms with Crippen LogP contribution in [0.25, 0.3) is 0 Å². The van der Waals surface area contributed by atoms with Gasteiger partial charge in [0.15, 0.2) is 0 Å². The highest BCUT2D eigenvalue weighted by molar-refractivity contribution is 5.47. The van der Waals surface area contributed by atoms with E-state index in [0.717, 1.165) is 24.2 Å². The van der Waals surface area contributed by atoms with Crippen molar-refractivity contribution in [2.75, 3.05) is 11.9 Å². The van der Waals surface area contributed by atoms with Gasteiger partial charge in [0.1, 0.15) is 11.6 Å². The first kappa shape index (κ1) is 16.9. The first-order valence-corrected chi connectivity index (χ1v) is 7.40. The molecule has 0 fully saturated rings. The molecule has 1 aromatic heterocycles. The molecule has 3 nitrogen and oxygen atoms in total. The van der Waals surface area contributed by atoms with Gasteiger partial charge in [-0.1, -0.05) is 13.8 Å². The van der Waals surface area contributed by atoms with E-state index in [9.17, 15) is 4.39 Å². The number of anilines is 1. The number of pyridine rings is 1. The molecule has 114 valence electrons. The zero-order valence-corrected chi connectivity index (χ0v) is 13.6. The second-order valence-corrected chi connectivity index (χ2v) is 6.32. The highest BCUT2D eigenvalue weighted by atomic mass is 19.1. The van der Waals surface area contributed by atoms with Gasteiger partial charge in [-0.25, -0.2) is 9.37 Å². The SMILES string of the molecule is CCC(CC)N(C)c1ncc(F)cc1CNC(C)(C)C. The van der Waals surface area contributed by atoms with E-state index in [1.807, 2.05) is 7.05 Å². The Hall–Kier alpha value is -1.16. The van der Waals surface area contributed by atoms with E-state index in [4.69, 9.17) is 0 Å². The Morgan fingerprint density at radius 3 is 2.40 bits per heavy atom. The third kappa shape index (κ3) is 4.75. The second-order valence-electron chi connectivity index (χ2n) is 6.32. The second kappa shape index (κ2) is 7.02. The van der Waals surface area contributed by atoms with Crippen molar-refractivity contribution in [1.29, 1.82) is 0 Å². The summed E-state index contributed by atoms with van der Waals surface area (Å²) in [7, 11) is 2.04. The molecule has 0 aromatic carbocycles. The lowest BCUT2D eigenvalue weighted by Crippen LogP contribution is -2.37. The van der Waals surface area contributed by atoms with Crippen molar-refractivity contribution in [1.82, 2.24) is 10.3 Å². The van der Waals surface area contributed by atoms with Crippen LogP contribution >= 0.6 is 0 Å². The Balaban J connectivity index is 3.00. The Kier molecular flexibility index (Phi) is 5.93. The molecule has 0 bridgehead atoms. The van der Waals surface area contributed by atoms with Crippen molar-refractivity contribution in [2.24, 2.45) is 0 Å².